The predicted octanol–water partition coefficient (Wildman–Crippen LogP) is 6.02. The van der Waals surface area contributed by atoms with Crippen LogP contribution in [0.2, 0.25) is 0 Å². The highest BCUT2D eigenvalue weighted by Crippen LogP contribution is 2.33. The Hall–Kier alpha value is -3.99. The fraction of sp³-hybridized carbons (Fsp3) is 0.258. The molecule has 0 saturated heterocycles. The van der Waals surface area contributed by atoms with E-state index in [1.807, 2.05) is 30.3 Å². The largest absolute Gasteiger partial charge is 0.477 e. The summed E-state index contributed by atoms with van der Waals surface area (Å²) in [5, 5.41) is 0. The Kier molecular flexibility index (Phi) is 5.98. The minimum atomic E-state index is -0.305. The average molecular weight is 479 g/mol. The Morgan fingerprint density at radius 1 is 0.833 bits per heavy atom. The average Bonchev–Trinajstić information content (AvgIpc) is 2.94. The number of hydrogen-bond acceptors (Lipinski definition) is 5. The van der Waals surface area contributed by atoms with E-state index in [0.29, 0.717) is 19.4 Å². The maximum absolute atomic E-state index is 12.1. The summed E-state index contributed by atoms with van der Waals surface area (Å²) in [5.41, 5.74) is 6.59. The molecule has 182 valence electrons. The van der Waals surface area contributed by atoms with Crippen molar-refractivity contribution in [1.82, 2.24) is 0 Å². The number of carbonyl (C=O) groups is 1. The number of fused-ring (bicyclic) bond motifs is 1. The number of ether oxygens (including phenoxy) is 2. The number of aldehydes is 1. The molecule has 0 aromatic heterocycles. The summed E-state index contributed by atoms with van der Waals surface area (Å²) < 4.78 is 12.0. The third-order valence-electron chi connectivity index (χ3n) is 7.39. The molecule has 3 aromatic rings. The van der Waals surface area contributed by atoms with Crippen LogP contribution in [0.4, 0.5) is 11.4 Å². The third kappa shape index (κ3) is 4.26. The number of nitrogens with zero attached hydrogens (tertiary/aromatic N) is 2. The molecule has 3 aliphatic rings. The van der Waals surface area contributed by atoms with Gasteiger partial charge in [0, 0.05) is 41.5 Å². The van der Waals surface area contributed by atoms with Gasteiger partial charge in [0.25, 0.3) is 0 Å². The smallest absolute Gasteiger partial charge is 0.161 e. The highest BCUT2D eigenvalue weighted by Gasteiger charge is 2.25. The van der Waals surface area contributed by atoms with Crippen molar-refractivity contribution in [3.63, 3.8) is 0 Å². The molecule has 0 radical (unpaired) electrons. The second-order valence-electron chi connectivity index (χ2n) is 9.78. The van der Waals surface area contributed by atoms with E-state index in [4.69, 9.17) is 9.47 Å². The molecule has 2 aliphatic heterocycles. The van der Waals surface area contributed by atoms with Crippen LogP contribution in [0.15, 0.2) is 96.3 Å². The predicted molar refractivity (Wildman–Crippen MR) is 142 cm³/mol. The molecule has 2 heterocycles. The van der Waals surface area contributed by atoms with Gasteiger partial charge >= 0.3 is 0 Å². The van der Waals surface area contributed by atoms with Crippen LogP contribution in [0.25, 0.3) is 0 Å². The molecule has 0 fully saturated rings. The van der Waals surface area contributed by atoms with Crippen LogP contribution >= 0.6 is 0 Å². The molecule has 0 spiro atoms. The standard InChI is InChI=1S/C31H30N2O3/c1-22-5-4-7-26-18-33(21-36-31(22)26)28-15-11-24(12-16-28)29(19-34)23-9-13-27(14-10-23)32-17-25-6-2-3-8-30(25)35-20-32/h2-4,6-16,19,22,29H,5,17-18,20-21H2,1H3. The number of allylic oxidation sites excluding steroid dienone is 2. The van der Waals surface area contributed by atoms with Gasteiger partial charge in [-0.3, -0.25) is 0 Å². The van der Waals surface area contributed by atoms with Gasteiger partial charge < -0.3 is 24.1 Å². The van der Waals surface area contributed by atoms with Crippen LogP contribution in [-0.2, 0) is 16.1 Å². The molecular formula is C31H30N2O3. The number of anilines is 2. The van der Waals surface area contributed by atoms with E-state index in [-0.39, 0.29) is 5.92 Å². The lowest BCUT2D eigenvalue weighted by Crippen LogP contribution is -2.34. The maximum Gasteiger partial charge on any atom is 0.161 e. The normalized spacial score (nSPS) is 19.6. The molecule has 2 atom stereocenters. The Morgan fingerprint density at radius 2 is 1.47 bits per heavy atom. The topological polar surface area (TPSA) is 42.0 Å². The van der Waals surface area contributed by atoms with Crippen molar-refractivity contribution in [2.45, 2.75) is 25.8 Å². The summed E-state index contributed by atoms with van der Waals surface area (Å²) in [6, 6.07) is 24.7. The van der Waals surface area contributed by atoms with Crippen LogP contribution in [0.1, 0.15) is 36.0 Å². The monoisotopic (exact) mass is 478 g/mol. The van der Waals surface area contributed by atoms with Gasteiger partial charge in [0.05, 0.1) is 5.92 Å². The van der Waals surface area contributed by atoms with Crippen molar-refractivity contribution in [2.75, 3.05) is 29.8 Å². The first kappa shape index (κ1) is 22.5. The zero-order chi connectivity index (χ0) is 24.5. The third-order valence-corrected chi connectivity index (χ3v) is 7.39. The summed E-state index contributed by atoms with van der Waals surface area (Å²) in [6.45, 7) is 4.94. The van der Waals surface area contributed by atoms with E-state index in [0.717, 1.165) is 59.8 Å². The Bertz CT molecular complexity index is 1310. The van der Waals surface area contributed by atoms with E-state index in [2.05, 4.69) is 71.3 Å². The maximum atomic E-state index is 12.1. The molecule has 5 nitrogen and oxygen atoms in total. The highest BCUT2D eigenvalue weighted by atomic mass is 16.5. The van der Waals surface area contributed by atoms with Gasteiger partial charge in [0.2, 0.25) is 0 Å². The van der Waals surface area contributed by atoms with Gasteiger partial charge in [-0.1, -0.05) is 61.5 Å². The number of para-hydroxylation sites is 1. The molecular weight excluding hydrogens is 448 g/mol. The first-order valence-corrected chi connectivity index (χ1v) is 12.6. The zero-order valence-corrected chi connectivity index (χ0v) is 20.5. The molecule has 2 unspecified atom stereocenters. The van der Waals surface area contributed by atoms with Crippen LogP contribution in [0.5, 0.6) is 5.75 Å². The lowest BCUT2D eigenvalue weighted by atomic mass is 9.92. The van der Waals surface area contributed by atoms with Crippen LogP contribution < -0.4 is 14.5 Å². The van der Waals surface area contributed by atoms with Gasteiger partial charge in [-0.25, -0.2) is 0 Å². The molecule has 1 aliphatic carbocycles. The summed E-state index contributed by atoms with van der Waals surface area (Å²) in [7, 11) is 0. The van der Waals surface area contributed by atoms with Crippen LogP contribution in [0.3, 0.4) is 0 Å². The molecule has 3 aromatic carbocycles. The highest BCUT2D eigenvalue weighted by molar-refractivity contribution is 5.70. The molecule has 6 rings (SSSR count). The SMILES string of the molecule is CC1CC=CC2=C1OCN(c1ccc(C(C=O)c3ccc(N4COc5ccccc5C4)cc3)cc1)C2. The second-order valence-corrected chi connectivity index (χ2v) is 9.78. The number of hydrogen-bond donors (Lipinski definition) is 0. The van der Waals surface area contributed by atoms with Crippen LogP contribution in [-0.4, -0.2) is 26.3 Å². The lowest BCUT2D eigenvalue weighted by Gasteiger charge is -2.35. The van der Waals surface area contributed by atoms with Crippen molar-refractivity contribution < 1.29 is 14.3 Å². The first-order valence-electron chi connectivity index (χ1n) is 12.6. The van der Waals surface area contributed by atoms with Gasteiger partial charge in [-0.15, -0.1) is 0 Å². The van der Waals surface area contributed by atoms with Crippen molar-refractivity contribution in [3.05, 3.63) is 113 Å². The quantitative estimate of drug-likeness (QED) is 0.420. The summed E-state index contributed by atoms with van der Waals surface area (Å²) in [5.74, 6) is 2.23. The Labute approximate surface area is 212 Å². The fourth-order valence-electron chi connectivity index (χ4n) is 5.32. The fourth-order valence-corrected chi connectivity index (χ4v) is 5.32. The Morgan fingerprint density at radius 3 is 2.17 bits per heavy atom. The minimum Gasteiger partial charge on any atom is -0.477 e. The molecule has 0 N–H and O–H groups in total. The molecule has 0 bridgehead atoms. The van der Waals surface area contributed by atoms with E-state index >= 15 is 0 Å². The minimum absolute atomic E-state index is 0.305. The lowest BCUT2D eigenvalue weighted by molar-refractivity contribution is -0.108. The summed E-state index contributed by atoms with van der Waals surface area (Å²) in [6.07, 6.45) is 6.49. The van der Waals surface area contributed by atoms with Crippen molar-refractivity contribution in [3.8, 4) is 5.75 Å². The van der Waals surface area contributed by atoms with Gasteiger partial charge in [0.15, 0.2) is 13.5 Å². The Balaban J connectivity index is 1.15. The second kappa shape index (κ2) is 9.57. The molecule has 0 amide bonds. The number of carbonyl (C=O) groups excluding carboxylic acids is 1. The van der Waals surface area contributed by atoms with E-state index in [1.54, 1.807) is 0 Å². The van der Waals surface area contributed by atoms with E-state index < -0.39 is 0 Å². The zero-order valence-electron chi connectivity index (χ0n) is 20.5. The van der Waals surface area contributed by atoms with E-state index in [9.17, 15) is 4.79 Å². The van der Waals surface area contributed by atoms with Crippen molar-refractivity contribution >= 4 is 17.7 Å². The van der Waals surface area contributed by atoms with Gasteiger partial charge in [-0.2, -0.15) is 0 Å². The summed E-state index contributed by atoms with van der Waals surface area (Å²) >= 11 is 0. The first-order chi connectivity index (χ1) is 17.7. The summed E-state index contributed by atoms with van der Waals surface area (Å²) in [4.78, 5) is 16.6. The van der Waals surface area contributed by atoms with Crippen molar-refractivity contribution in [2.24, 2.45) is 5.92 Å². The molecule has 36 heavy (non-hydrogen) atoms. The van der Waals surface area contributed by atoms with E-state index in [1.165, 1.54) is 11.1 Å². The number of benzene rings is 3. The molecule has 5 heteroatoms. The van der Waals surface area contributed by atoms with Crippen LogP contribution in [0, 0.1) is 5.92 Å². The van der Waals surface area contributed by atoms with Gasteiger partial charge in [0.1, 0.15) is 17.8 Å². The van der Waals surface area contributed by atoms with Crippen molar-refractivity contribution in [1.29, 1.82) is 0 Å². The van der Waals surface area contributed by atoms with Gasteiger partial charge in [-0.05, 0) is 47.9 Å². The number of rotatable bonds is 5. The molecule has 0 saturated carbocycles.